The molecule has 1 heterocycles. The quantitative estimate of drug-likeness (QED) is 0.545. The summed E-state index contributed by atoms with van der Waals surface area (Å²) in [6.07, 6.45) is 0. The van der Waals surface area contributed by atoms with Crippen molar-refractivity contribution >= 4 is 61.5 Å². The molecule has 0 amide bonds. The zero-order valence-corrected chi connectivity index (χ0v) is 13.0. The van der Waals surface area contributed by atoms with Gasteiger partial charge in [0.25, 0.3) is 0 Å². The first-order valence-corrected chi connectivity index (χ1v) is 4.17. The molecule has 4 heteroatoms. The number of para-hydroxylation sites is 1. The Morgan fingerprint density at radius 3 is 2.73 bits per heavy atom. The van der Waals surface area contributed by atoms with Crippen LogP contribution in [0.5, 0.6) is 0 Å². The summed E-state index contributed by atoms with van der Waals surface area (Å²) in [4.78, 5) is 4.20. The number of fused-ring (bicyclic) bond motifs is 1. The van der Waals surface area contributed by atoms with Crippen LogP contribution in [-0.2, 0) is 0 Å². The fourth-order valence-corrected chi connectivity index (χ4v) is 1.97. The molecule has 2 aromatic rings. The molecule has 2 radical (unpaired) electrons. The molecule has 0 saturated heterocycles. The van der Waals surface area contributed by atoms with E-state index in [0.717, 1.165) is 9.86 Å². The molecule has 2 rings (SSSR count). The Morgan fingerprint density at radius 1 is 1.27 bits per heavy atom. The number of nitrogens with zero attached hydrogens (tertiary/aromatic N) is 1. The summed E-state index contributed by atoms with van der Waals surface area (Å²) in [6, 6.07) is 8.03. The third-order valence-corrected chi connectivity index (χ3v) is 2.50. The molecule has 0 bridgehead atoms. The van der Waals surface area contributed by atoms with Crippen molar-refractivity contribution < 1.29 is 0 Å². The average Bonchev–Trinajstić information content (AvgIpc) is 2.27. The predicted octanol–water partition coefficient (Wildman–Crippen LogP) is 1.67. The summed E-state index contributed by atoms with van der Waals surface area (Å²) in [7, 11) is 0. The minimum atomic E-state index is 0. The molecular weight excluding hydrogens is 369 g/mol. The van der Waals surface area contributed by atoms with Crippen LogP contribution in [0.25, 0.3) is 10.2 Å². The SMILES string of the molecule is Sc1nc2ccccc2s1.[PbH2]. The van der Waals surface area contributed by atoms with E-state index in [1.807, 2.05) is 24.3 Å². The van der Waals surface area contributed by atoms with E-state index in [4.69, 9.17) is 0 Å². The number of hydrogen-bond acceptors (Lipinski definition) is 3. The number of benzene rings is 1. The number of aromatic nitrogens is 1. The van der Waals surface area contributed by atoms with Gasteiger partial charge in [0.1, 0.15) is 4.34 Å². The van der Waals surface area contributed by atoms with Crippen LogP contribution in [0, 0.1) is 0 Å². The summed E-state index contributed by atoms with van der Waals surface area (Å²) < 4.78 is 2.04. The van der Waals surface area contributed by atoms with Crippen LogP contribution in [0.2, 0.25) is 0 Å². The first-order valence-electron chi connectivity index (χ1n) is 2.91. The van der Waals surface area contributed by atoms with E-state index in [-0.39, 0.29) is 27.3 Å². The molecule has 56 valence electrons. The number of rotatable bonds is 0. The summed E-state index contributed by atoms with van der Waals surface area (Å²) in [5.41, 5.74) is 1.04. The maximum absolute atomic E-state index is 4.20. The van der Waals surface area contributed by atoms with Gasteiger partial charge in [-0.3, -0.25) is 0 Å². The van der Waals surface area contributed by atoms with Crippen molar-refractivity contribution in [3.8, 4) is 0 Å². The van der Waals surface area contributed by atoms with Gasteiger partial charge in [0.2, 0.25) is 0 Å². The zero-order valence-electron chi connectivity index (χ0n) is 5.82. The molecule has 1 nitrogen and oxygen atoms in total. The van der Waals surface area contributed by atoms with Crippen molar-refractivity contribution in [3.63, 3.8) is 0 Å². The van der Waals surface area contributed by atoms with E-state index in [2.05, 4.69) is 17.6 Å². The molecule has 0 atom stereocenters. The van der Waals surface area contributed by atoms with Crippen LogP contribution in [0.4, 0.5) is 0 Å². The van der Waals surface area contributed by atoms with Gasteiger partial charge in [-0.05, 0) is 12.1 Å². The summed E-state index contributed by atoms with van der Waals surface area (Å²) >= 11 is 5.76. The first kappa shape index (κ1) is 9.47. The van der Waals surface area contributed by atoms with Crippen LogP contribution in [0.1, 0.15) is 0 Å². The second-order valence-electron chi connectivity index (χ2n) is 1.96. The van der Waals surface area contributed by atoms with Crippen molar-refractivity contribution in [3.05, 3.63) is 24.3 Å². The third kappa shape index (κ3) is 1.94. The van der Waals surface area contributed by atoms with Gasteiger partial charge in [0.05, 0.1) is 10.2 Å². The molecule has 0 spiro atoms. The van der Waals surface area contributed by atoms with Crippen molar-refractivity contribution in [2.24, 2.45) is 0 Å². The second kappa shape index (κ2) is 3.86. The van der Waals surface area contributed by atoms with Gasteiger partial charge in [-0.2, -0.15) is 0 Å². The monoisotopic (exact) mass is 377 g/mol. The third-order valence-electron chi connectivity index (χ3n) is 1.28. The number of thiol groups is 1. The van der Waals surface area contributed by atoms with E-state index in [1.54, 1.807) is 11.3 Å². The fourth-order valence-electron chi connectivity index (χ4n) is 0.860. The van der Waals surface area contributed by atoms with Gasteiger partial charge in [-0.1, -0.05) is 12.1 Å². The standard InChI is InChI=1S/C7H5NS2.Pb.2H/c9-7-8-5-3-1-2-4-6(5)10-7;;;/h1-4H,(H,8,9);;;. The van der Waals surface area contributed by atoms with Gasteiger partial charge >= 0.3 is 27.3 Å². The molecule has 0 fully saturated rings. The van der Waals surface area contributed by atoms with Gasteiger partial charge in [-0.15, -0.1) is 24.0 Å². The Balaban J connectivity index is 0.000000605. The summed E-state index contributed by atoms with van der Waals surface area (Å²) in [6.45, 7) is 0. The molecule has 1 aromatic heterocycles. The Morgan fingerprint density at radius 2 is 2.00 bits per heavy atom. The Kier molecular flexibility index (Phi) is 3.33. The average molecular weight is 376 g/mol. The fraction of sp³-hybridized carbons (Fsp3) is 0. The minimum absolute atomic E-state index is 0. The predicted molar refractivity (Wildman–Crippen MR) is 55.4 cm³/mol. The van der Waals surface area contributed by atoms with Gasteiger partial charge in [0, 0.05) is 0 Å². The maximum atomic E-state index is 4.20. The Hall–Kier alpha value is 0.382. The van der Waals surface area contributed by atoms with Gasteiger partial charge in [0.15, 0.2) is 0 Å². The normalized spacial score (nSPS) is 9.55. The summed E-state index contributed by atoms with van der Waals surface area (Å²) in [5, 5.41) is 0. The zero-order chi connectivity index (χ0) is 6.97. The summed E-state index contributed by atoms with van der Waals surface area (Å²) in [5.74, 6) is 0. The van der Waals surface area contributed by atoms with E-state index in [1.165, 1.54) is 4.70 Å². The van der Waals surface area contributed by atoms with Crippen LogP contribution < -0.4 is 0 Å². The van der Waals surface area contributed by atoms with E-state index in [9.17, 15) is 0 Å². The molecule has 0 aliphatic carbocycles. The molecule has 1 aromatic carbocycles. The molecule has 0 N–H and O–H groups in total. The topological polar surface area (TPSA) is 12.9 Å². The molecule has 0 aliphatic rings. The van der Waals surface area contributed by atoms with Crippen molar-refractivity contribution in [1.29, 1.82) is 0 Å². The van der Waals surface area contributed by atoms with Gasteiger partial charge in [-0.25, -0.2) is 4.98 Å². The first-order chi connectivity index (χ1) is 4.86. The number of thiazole rings is 1. The van der Waals surface area contributed by atoms with Gasteiger partial charge < -0.3 is 0 Å². The van der Waals surface area contributed by atoms with E-state index >= 15 is 0 Å². The van der Waals surface area contributed by atoms with Crippen LogP contribution in [0.15, 0.2) is 28.6 Å². The molecule has 0 aliphatic heterocycles. The van der Waals surface area contributed by atoms with Crippen molar-refractivity contribution in [1.82, 2.24) is 4.98 Å². The van der Waals surface area contributed by atoms with E-state index in [0.29, 0.717) is 0 Å². The molecule has 0 unspecified atom stereocenters. The van der Waals surface area contributed by atoms with Crippen molar-refractivity contribution in [2.75, 3.05) is 0 Å². The number of hydrogen-bond donors (Lipinski definition) is 1. The Labute approximate surface area is 94.4 Å². The molecular formula is C7H7NPbS2. The molecule has 0 saturated carbocycles. The van der Waals surface area contributed by atoms with Crippen LogP contribution >= 0.6 is 24.0 Å². The van der Waals surface area contributed by atoms with Crippen LogP contribution in [0.3, 0.4) is 0 Å². The van der Waals surface area contributed by atoms with Crippen LogP contribution in [-0.4, -0.2) is 32.3 Å². The van der Waals surface area contributed by atoms with E-state index < -0.39 is 0 Å². The van der Waals surface area contributed by atoms with Crippen molar-refractivity contribution in [2.45, 2.75) is 4.34 Å². The Bertz CT molecular complexity index is 325. The second-order valence-corrected chi connectivity index (χ2v) is 3.72. The molecule has 11 heavy (non-hydrogen) atoms.